The molecule has 0 aliphatic carbocycles. The van der Waals surface area contributed by atoms with E-state index in [2.05, 4.69) is 10.5 Å². The van der Waals surface area contributed by atoms with Gasteiger partial charge in [0.25, 0.3) is 0 Å². The number of aliphatic hydroxyl groups excluding tert-OH is 1. The number of nitrogens with one attached hydrogen (secondary N) is 1. The minimum Gasteiger partial charge on any atom is -0.491 e. The Morgan fingerprint density at radius 1 is 1.16 bits per heavy atom. The standard InChI is InChI=1S/C29H39N5O4/c1-20-28(21(2)38-33-20)26-17-23(11-6-8-15-34-14-7-4-5-13-27(34)36)31-29(32-26)22-10-9-12-25(16-22)37-19-24(35)18-30-3/h9-10,12,16-17,24,30,35H,4-8,11,13-15,18-19H2,1-3H3. The number of hydrogen-bond donors (Lipinski definition) is 2. The Balaban J connectivity index is 1.52. The monoisotopic (exact) mass is 521 g/mol. The number of aryl methyl sites for hydroxylation is 3. The molecular weight excluding hydrogens is 482 g/mol. The summed E-state index contributed by atoms with van der Waals surface area (Å²) in [6.07, 6.45) is 5.95. The predicted octanol–water partition coefficient (Wildman–Crippen LogP) is 4.10. The van der Waals surface area contributed by atoms with Gasteiger partial charge >= 0.3 is 0 Å². The highest BCUT2D eigenvalue weighted by Gasteiger charge is 2.18. The van der Waals surface area contributed by atoms with Crippen molar-refractivity contribution < 1.29 is 19.2 Å². The first-order chi connectivity index (χ1) is 18.4. The Morgan fingerprint density at radius 2 is 2.03 bits per heavy atom. The number of nitrogens with zero attached hydrogens (tertiary/aromatic N) is 4. The minimum atomic E-state index is -0.598. The Labute approximate surface area is 224 Å². The summed E-state index contributed by atoms with van der Waals surface area (Å²) in [5.41, 5.74) is 4.21. The molecule has 0 saturated carbocycles. The van der Waals surface area contributed by atoms with E-state index in [9.17, 15) is 9.90 Å². The lowest BCUT2D eigenvalue weighted by Crippen LogP contribution is -2.31. The first kappa shape index (κ1) is 27.7. The van der Waals surface area contributed by atoms with Gasteiger partial charge in [-0.2, -0.15) is 0 Å². The lowest BCUT2D eigenvalue weighted by Gasteiger charge is -2.20. The van der Waals surface area contributed by atoms with Gasteiger partial charge in [0, 0.05) is 37.3 Å². The molecule has 2 aromatic heterocycles. The second-order valence-electron chi connectivity index (χ2n) is 9.97. The summed E-state index contributed by atoms with van der Waals surface area (Å²) in [7, 11) is 1.79. The van der Waals surface area contributed by atoms with E-state index in [1.54, 1.807) is 7.05 Å². The van der Waals surface area contributed by atoms with Gasteiger partial charge in [0.05, 0.1) is 17.0 Å². The van der Waals surface area contributed by atoms with Crippen LogP contribution >= 0.6 is 0 Å². The molecule has 1 unspecified atom stereocenters. The molecule has 4 rings (SSSR count). The van der Waals surface area contributed by atoms with E-state index in [1.165, 1.54) is 0 Å². The number of carbonyl (C=O) groups excluding carboxylic acids is 1. The Morgan fingerprint density at radius 3 is 2.82 bits per heavy atom. The molecule has 1 atom stereocenters. The van der Waals surface area contributed by atoms with Crippen LogP contribution in [0.4, 0.5) is 0 Å². The van der Waals surface area contributed by atoms with E-state index < -0.39 is 6.10 Å². The van der Waals surface area contributed by atoms with Crippen molar-refractivity contribution in [2.24, 2.45) is 0 Å². The van der Waals surface area contributed by atoms with Crippen LogP contribution in [0.15, 0.2) is 34.9 Å². The van der Waals surface area contributed by atoms with Crippen LogP contribution in [0.1, 0.15) is 55.7 Å². The maximum Gasteiger partial charge on any atom is 0.222 e. The number of aliphatic hydroxyl groups is 1. The molecular formula is C29H39N5O4. The van der Waals surface area contributed by atoms with Crippen molar-refractivity contribution in [1.82, 2.24) is 25.3 Å². The van der Waals surface area contributed by atoms with Gasteiger partial charge < -0.3 is 24.6 Å². The molecule has 38 heavy (non-hydrogen) atoms. The van der Waals surface area contributed by atoms with Crippen LogP contribution in [0.25, 0.3) is 22.6 Å². The van der Waals surface area contributed by atoms with E-state index in [0.29, 0.717) is 30.3 Å². The highest BCUT2D eigenvalue weighted by atomic mass is 16.5. The number of benzene rings is 1. The van der Waals surface area contributed by atoms with Crippen LogP contribution in [0.3, 0.4) is 0 Å². The molecule has 1 aliphatic heterocycles. The number of hydrogen-bond acceptors (Lipinski definition) is 8. The number of rotatable bonds is 12. The average Bonchev–Trinajstić information content (AvgIpc) is 3.11. The summed E-state index contributed by atoms with van der Waals surface area (Å²) in [6, 6.07) is 9.63. The Kier molecular flexibility index (Phi) is 9.84. The average molecular weight is 522 g/mol. The van der Waals surface area contributed by atoms with Crippen molar-refractivity contribution in [2.45, 2.75) is 64.9 Å². The molecule has 3 aromatic rings. The lowest BCUT2D eigenvalue weighted by molar-refractivity contribution is -0.130. The van der Waals surface area contributed by atoms with Gasteiger partial charge in [0.2, 0.25) is 5.91 Å². The summed E-state index contributed by atoms with van der Waals surface area (Å²) in [6.45, 7) is 6.12. The van der Waals surface area contributed by atoms with Gasteiger partial charge in [0.1, 0.15) is 24.2 Å². The number of unbranched alkanes of at least 4 members (excludes halogenated alkanes) is 1. The number of amides is 1. The maximum atomic E-state index is 12.3. The van der Waals surface area contributed by atoms with E-state index in [1.807, 2.05) is 49.1 Å². The summed E-state index contributed by atoms with van der Waals surface area (Å²) in [5, 5.41) is 17.0. The molecule has 1 fully saturated rings. The molecule has 0 spiro atoms. The predicted molar refractivity (Wildman–Crippen MR) is 146 cm³/mol. The summed E-state index contributed by atoms with van der Waals surface area (Å²) in [5.74, 6) is 2.25. The molecule has 1 aliphatic rings. The van der Waals surface area contributed by atoms with Gasteiger partial charge in [-0.25, -0.2) is 9.97 Å². The molecule has 0 bridgehead atoms. The molecule has 204 valence electrons. The fraction of sp³-hybridized carbons (Fsp3) is 0.517. The third kappa shape index (κ3) is 7.39. The number of ether oxygens (including phenoxy) is 1. The van der Waals surface area contributed by atoms with Crippen LogP contribution in [0, 0.1) is 13.8 Å². The van der Waals surface area contributed by atoms with Crippen molar-refractivity contribution in [3.63, 3.8) is 0 Å². The number of likely N-dealkylation sites (N-methyl/N-ethyl adjacent to an activating group) is 1. The number of likely N-dealkylation sites (tertiary alicyclic amines) is 1. The van der Waals surface area contributed by atoms with Crippen molar-refractivity contribution in [2.75, 3.05) is 33.3 Å². The van der Waals surface area contributed by atoms with Crippen LogP contribution in [-0.2, 0) is 11.2 Å². The third-order valence-electron chi connectivity index (χ3n) is 6.83. The van der Waals surface area contributed by atoms with E-state index in [4.69, 9.17) is 19.2 Å². The van der Waals surface area contributed by atoms with Gasteiger partial charge in [-0.1, -0.05) is 23.7 Å². The van der Waals surface area contributed by atoms with Crippen LogP contribution in [-0.4, -0.2) is 70.4 Å². The van der Waals surface area contributed by atoms with E-state index in [-0.39, 0.29) is 12.5 Å². The fourth-order valence-corrected chi connectivity index (χ4v) is 4.83. The van der Waals surface area contributed by atoms with Gasteiger partial charge in [-0.05, 0) is 71.2 Å². The quantitative estimate of drug-likeness (QED) is 0.343. The Bertz CT molecular complexity index is 1190. The smallest absolute Gasteiger partial charge is 0.222 e. The maximum absolute atomic E-state index is 12.3. The zero-order valence-electron chi connectivity index (χ0n) is 22.7. The van der Waals surface area contributed by atoms with Crippen LogP contribution < -0.4 is 10.1 Å². The van der Waals surface area contributed by atoms with E-state index >= 15 is 0 Å². The zero-order valence-corrected chi connectivity index (χ0v) is 22.7. The summed E-state index contributed by atoms with van der Waals surface area (Å²) >= 11 is 0. The normalized spacial score (nSPS) is 14.9. The molecule has 9 heteroatoms. The molecule has 2 N–H and O–H groups in total. The highest BCUT2D eigenvalue weighted by molar-refractivity contribution is 5.76. The molecule has 0 radical (unpaired) electrons. The Hall–Kier alpha value is -3.30. The topological polar surface area (TPSA) is 114 Å². The van der Waals surface area contributed by atoms with Gasteiger partial charge in [-0.3, -0.25) is 4.79 Å². The molecule has 9 nitrogen and oxygen atoms in total. The first-order valence-electron chi connectivity index (χ1n) is 13.6. The highest BCUT2D eigenvalue weighted by Crippen LogP contribution is 2.29. The molecule has 3 heterocycles. The summed E-state index contributed by atoms with van der Waals surface area (Å²) < 4.78 is 11.2. The van der Waals surface area contributed by atoms with Crippen LogP contribution in [0.5, 0.6) is 5.75 Å². The van der Waals surface area contributed by atoms with Crippen molar-refractivity contribution in [3.8, 4) is 28.4 Å². The SMILES string of the molecule is CNCC(O)COc1cccc(-c2nc(CCCCN3CCCCCC3=O)cc(-c3c(C)noc3C)n2)c1. The van der Waals surface area contributed by atoms with Gasteiger partial charge in [-0.15, -0.1) is 0 Å². The number of aromatic nitrogens is 3. The largest absolute Gasteiger partial charge is 0.491 e. The number of carbonyl (C=O) groups is 1. The fourth-order valence-electron chi connectivity index (χ4n) is 4.83. The summed E-state index contributed by atoms with van der Waals surface area (Å²) in [4.78, 5) is 24.1. The first-order valence-corrected chi connectivity index (χ1v) is 13.6. The van der Waals surface area contributed by atoms with Crippen molar-refractivity contribution in [1.29, 1.82) is 0 Å². The second-order valence-corrected chi connectivity index (χ2v) is 9.97. The molecule has 1 aromatic carbocycles. The van der Waals surface area contributed by atoms with Crippen molar-refractivity contribution >= 4 is 5.91 Å². The second kappa shape index (κ2) is 13.5. The minimum absolute atomic E-state index is 0.190. The zero-order chi connectivity index (χ0) is 26.9. The van der Waals surface area contributed by atoms with Crippen LogP contribution in [0.2, 0.25) is 0 Å². The lowest BCUT2D eigenvalue weighted by atomic mass is 10.1. The molecule has 1 amide bonds. The molecule has 1 saturated heterocycles. The van der Waals surface area contributed by atoms with E-state index in [0.717, 1.165) is 79.8 Å². The van der Waals surface area contributed by atoms with Gasteiger partial charge in [0.15, 0.2) is 5.82 Å². The third-order valence-corrected chi connectivity index (χ3v) is 6.83. The van der Waals surface area contributed by atoms with Crippen molar-refractivity contribution in [3.05, 3.63) is 47.5 Å².